The molecule has 0 aliphatic heterocycles. The molecule has 0 atom stereocenters. The van der Waals surface area contributed by atoms with Gasteiger partial charge in [0.1, 0.15) is 13.2 Å². The molecule has 3 rings (SSSR count). The fourth-order valence-corrected chi connectivity index (χ4v) is 2.72. The third-order valence-electron chi connectivity index (χ3n) is 4.27. The normalized spacial score (nSPS) is 10.3. The highest BCUT2D eigenvalue weighted by Crippen LogP contribution is 2.11. The second-order valence-electron chi connectivity index (χ2n) is 6.46. The fourth-order valence-electron chi connectivity index (χ4n) is 2.72. The van der Waals surface area contributed by atoms with Gasteiger partial charge in [-0.05, 0) is 34.8 Å². The van der Waals surface area contributed by atoms with Crippen LogP contribution in [0.5, 0.6) is 0 Å². The first-order valence-corrected chi connectivity index (χ1v) is 9.17. The Morgan fingerprint density at radius 2 is 1.20 bits per heavy atom. The number of hydrogen-bond donors (Lipinski definition) is 2. The minimum atomic E-state index is -1.52. The van der Waals surface area contributed by atoms with Crippen molar-refractivity contribution < 1.29 is 28.8 Å². The lowest BCUT2D eigenvalue weighted by Gasteiger charge is -2.11. The van der Waals surface area contributed by atoms with Crippen LogP contribution >= 0.6 is 0 Å². The number of ether oxygens (including phenoxy) is 2. The topological polar surface area (TPSA) is 108 Å². The molecule has 0 aliphatic carbocycles. The molecular formula is C22H20BNO6. The summed E-state index contributed by atoms with van der Waals surface area (Å²) in [5, 5.41) is 9.91. The summed E-state index contributed by atoms with van der Waals surface area (Å²) in [4.78, 5) is 25.0. The maximum absolute atomic E-state index is 12.5. The monoisotopic (exact) mass is 405 g/mol. The van der Waals surface area contributed by atoms with E-state index in [1.807, 2.05) is 60.7 Å². The van der Waals surface area contributed by atoms with Crippen LogP contribution in [0.2, 0.25) is 0 Å². The number of rotatable bonds is 8. The van der Waals surface area contributed by atoms with Gasteiger partial charge < -0.3 is 19.3 Å². The molecule has 0 unspecified atom stereocenters. The summed E-state index contributed by atoms with van der Waals surface area (Å²) in [6, 6.07) is 22.4. The SMILES string of the molecule is NOB(O)c1cc(C(=O)OCc2ccccc2)cc(C(=O)OCc2ccccc2)c1. The first kappa shape index (κ1) is 21.3. The van der Waals surface area contributed by atoms with Gasteiger partial charge in [0, 0.05) is 0 Å². The molecule has 7 nitrogen and oxygen atoms in total. The van der Waals surface area contributed by atoms with Crippen LogP contribution in [0.1, 0.15) is 31.8 Å². The average Bonchev–Trinajstić information content (AvgIpc) is 2.81. The lowest BCUT2D eigenvalue weighted by atomic mass is 9.78. The van der Waals surface area contributed by atoms with Gasteiger partial charge in [0.25, 0.3) is 0 Å². The maximum atomic E-state index is 12.5. The summed E-state index contributed by atoms with van der Waals surface area (Å²) in [6.07, 6.45) is 0. The Bertz CT molecular complexity index is 923. The molecule has 0 aliphatic rings. The van der Waals surface area contributed by atoms with Crippen LogP contribution in [0.4, 0.5) is 0 Å². The zero-order valence-electron chi connectivity index (χ0n) is 16.1. The molecule has 30 heavy (non-hydrogen) atoms. The van der Waals surface area contributed by atoms with E-state index in [1.165, 1.54) is 18.2 Å². The van der Waals surface area contributed by atoms with Crippen molar-refractivity contribution in [3.63, 3.8) is 0 Å². The Labute approximate surface area is 174 Å². The Morgan fingerprint density at radius 1 is 0.767 bits per heavy atom. The van der Waals surface area contributed by atoms with Gasteiger partial charge in [0.2, 0.25) is 0 Å². The van der Waals surface area contributed by atoms with Crippen molar-refractivity contribution in [1.82, 2.24) is 0 Å². The predicted molar refractivity (Wildman–Crippen MR) is 110 cm³/mol. The van der Waals surface area contributed by atoms with Gasteiger partial charge >= 0.3 is 19.1 Å². The minimum Gasteiger partial charge on any atom is -0.457 e. The van der Waals surface area contributed by atoms with E-state index in [0.717, 1.165) is 11.1 Å². The zero-order chi connectivity index (χ0) is 21.3. The molecule has 0 spiro atoms. The quantitative estimate of drug-likeness (QED) is 0.335. The van der Waals surface area contributed by atoms with E-state index in [9.17, 15) is 14.6 Å². The second-order valence-corrected chi connectivity index (χ2v) is 6.46. The highest BCUT2D eigenvalue weighted by atomic mass is 16.6. The van der Waals surface area contributed by atoms with Crippen LogP contribution in [0.25, 0.3) is 0 Å². The van der Waals surface area contributed by atoms with Gasteiger partial charge in [-0.2, -0.15) is 0 Å². The molecule has 0 bridgehead atoms. The number of esters is 2. The van der Waals surface area contributed by atoms with E-state index < -0.39 is 19.1 Å². The summed E-state index contributed by atoms with van der Waals surface area (Å²) in [5.41, 5.74) is 1.88. The summed E-state index contributed by atoms with van der Waals surface area (Å²) in [6.45, 7) is 0.126. The predicted octanol–water partition coefficient (Wildman–Crippen LogP) is 1.98. The molecule has 152 valence electrons. The molecule has 3 N–H and O–H groups in total. The summed E-state index contributed by atoms with van der Waals surface area (Å²) in [7, 11) is -1.52. The maximum Gasteiger partial charge on any atom is 0.508 e. The minimum absolute atomic E-state index is 0.0613. The van der Waals surface area contributed by atoms with Gasteiger partial charge in [-0.3, -0.25) is 0 Å². The van der Waals surface area contributed by atoms with Crippen LogP contribution in [0.3, 0.4) is 0 Å². The molecule has 8 heteroatoms. The molecule has 0 saturated heterocycles. The molecule has 0 radical (unpaired) electrons. The largest absolute Gasteiger partial charge is 0.508 e. The molecule has 0 aromatic heterocycles. The highest BCUT2D eigenvalue weighted by Gasteiger charge is 2.22. The molecule has 0 fully saturated rings. The number of carbonyl (C=O) groups is 2. The molecule has 0 amide bonds. The van der Waals surface area contributed by atoms with Gasteiger partial charge in [-0.1, -0.05) is 60.7 Å². The highest BCUT2D eigenvalue weighted by molar-refractivity contribution is 6.60. The van der Waals surface area contributed by atoms with E-state index in [1.54, 1.807) is 0 Å². The summed E-state index contributed by atoms with van der Waals surface area (Å²) >= 11 is 0. The molecule has 0 saturated carbocycles. The van der Waals surface area contributed by atoms with Crippen LogP contribution in [0, 0.1) is 0 Å². The Kier molecular flexibility index (Phi) is 7.34. The van der Waals surface area contributed by atoms with Crippen molar-refractivity contribution in [2.24, 2.45) is 5.90 Å². The first-order chi connectivity index (χ1) is 14.6. The van der Waals surface area contributed by atoms with Gasteiger partial charge in [-0.15, -0.1) is 0 Å². The lowest BCUT2D eigenvalue weighted by Crippen LogP contribution is -2.37. The number of nitrogens with two attached hydrogens (primary N) is 1. The van der Waals surface area contributed by atoms with Gasteiger partial charge in [0.05, 0.1) is 11.1 Å². The third kappa shape index (κ3) is 5.77. The van der Waals surface area contributed by atoms with Crippen molar-refractivity contribution in [1.29, 1.82) is 0 Å². The Morgan fingerprint density at radius 3 is 1.60 bits per heavy atom. The van der Waals surface area contributed by atoms with E-state index >= 15 is 0 Å². The summed E-state index contributed by atoms with van der Waals surface area (Å²) < 4.78 is 15.0. The number of hydrogen-bond acceptors (Lipinski definition) is 7. The van der Waals surface area contributed by atoms with Crippen molar-refractivity contribution >= 4 is 24.5 Å². The van der Waals surface area contributed by atoms with Crippen LogP contribution in [0.15, 0.2) is 78.9 Å². The van der Waals surface area contributed by atoms with E-state index in [2.05, 4.69) is 4.76 Å². The Balaban J connectivity index is 1.77. The first-order valence-electron chi connectivity index (χ1n) is 9.17. The van der Waals surface area contributed by atoms with Crippen molar-refractivity contribution in [2.45, 2.75) is 13.2 Å². The van der Waals surface area contributed by atoms with E-state index in [4.69, 9.17) is 15.4 Å². The fraction of sp³-hybridized carbons (Fsp3) is 0.0909. The van der Waals surface area contributed by atoms with Gasteiger partial charge in [0.15, 0.2) is 0 Å². The van der Waals surface area contributed by atoms with Crippen molar-refractivity contribution in [2.75, 3.05) is 0 Å². The molecular weight excluding hydrogens is 385 g/mol. The lowest BCUT2D eigenvalue weighted by molar-refractivity contribution is 0.0470. The van der Waals surface area contributed by atoms with Crippen molar-refractivity contribution in [3.8, 4) is 0 Å². The molecule has 3 aromatic carbocycles. The number of carbonyl (C=O) groups excluding carboxylic acids is 2. The third-order valence-corrected chi connectivity index (χ3v) is 4.27. The van der Waals surface area contributed by atoms with Crippen LogP contribution in [-0.4, -0.2) is 24.1 Å². The molecule has 0 heterocycles. The number of benzene rings is 3. The second kappa shape index (κ2) is 10.4. The zero-order valence-corrected chi connectivity index (χ0v) is 16.1. The summed E-state index contributed by atoms with van der Waals surface area (Å²) in [5.74, 6) is 3.71. The van der Waals surface area contributed by atoms with Crippen molar-refractivity contribution in [3.05, 3.63) is 101 Å². The van der Waals surface area contributed by atoms with E-state index in [-0.39, 0.29) is 29.8 Å². The van der Waals surface area contributed by atoms with Crippen LogP contribution < -0.4 is 11.4 Å². The average molecular weight is 405 g/mol. The standard InChI is InChI=1S/C22H20BNO6/c24-30-23(27)20-12-18(21(25)28-14-16-7-3-1-4-8-16)11-19(13-20)22(26)29-15-17-9-5-2-6-10-17/h1-13,27H,14-15,24H2. The molecule has 3 aromatic rings. The Hall–Kier alpha value is -3.46. The van der Waals surface area contributed by atoms with Crippen LogP contribution in [-0.2, 0) is 27.4 Å². The van der Waals surface area contributed by atoms with Gasteiger partial charge in [-0.25, -0.2) is 15.5 Å². The van der Waals surface area contributed by atoms with E-state index in [0.29, 0.717) is 0 Å². The smallest absolute Gasteiger partial charge is 0.457 e.